The second kappa shape index (κ2) is 13.0. The SMILES string of the molecule is C(#Cc1cc(-c2ccccc2)cc(-c2ccccc2)c1)/C=C/C#Cc1cc(-c2ccccc2)cc(-c2ccccc2)c1. The van der Waals surface area contributed by atoms with Crippen LogP contribution in [0, 0.1) is 23.7 Å². The topological polar surface area (TPSA) is 0 Å². The van der Waals surface area contributed by atoms with Crippen LogP contribution in [0.1, 0.15) is 11.1 Å². The van der Waals surface area contributed by atoms with Crippen molar-refractivity contribution in [3.05, 3.63) is 181 Å². The summed E-state index contributed by atoms with van der Waals surface area (Å²) in [6.45, 7) is 0. The van der Waals surface area contributed by atoms with E-state index in [1.807, 2.05) is 36.4 Å². The molecule has 0 spiro atoms. The third-order valence-electron chi connectivity index (χ3n) is 6.98. The van der Waals surface area contributed by atoms with Gasteiger partial charge in [-0.2, -0.15) is 0 Å². The molecule has 0 aliphatic carbocycles. The van der Waals surface area contributed by atoms with Crippen LogP contribution in [-0.4, -0.2) is 0 Å². The molecule has 0 heteroatoms. The first-order chi connectivity index (χ1) is 20.8. The maximum atomic E-state index is 3.32. The van der Waals surface area contributed by atoms with E-state index < -0.39 is 0 Å². The average Bonchev–Trinajstić information content (AvgIpc) is 3.07. The molecule has 0 aliphatic rings. The Labute approximate surface area is 248 Å². The fourth-order valence-electron chi connectivity index (χ4n) is 4.92. The molecule has 0 heterocycles. The van der Waals surface area contributed by atoms with E-state index in [0.717, 1.165) is 33.4 Å². The minimum absolute atomic E-state index is 0.968. The quantitative estimate of drug-likeness (QED) is 0.198. The monoisotopic (exact) mass is 532 g/mol. The van der Waals surface area contributed by atoms with E-state index >= 15 is 0 Å². The average molecular weight is 533 g/mol. The van der Waals surface area contributed by atoms with Crippen molar-refractivity contribution in [2.24, 2.45) is 0 Å². The van der Waals surface area contributed by atoms with Crippen LogP contribution in [0.25, 0.3) is 44.5 Å². The summed E-state index contributed by atoms with van der Waals surface area (Å²) in [7, 11) is 0. The number of benzene rings is 6. The van der Waals surface area contributed by atoms with E-state index in [1.54, 1.807) is 0 Å². The van der Waals surface area contributed by atoms with Crippen molar-refractivity contribution in [1.82, 2.24) is 0 Å². The lowest BCUT2D eigenvalue weighted by Crippen LogP contribution is -1.85. The van der Waals surface area contributed by atoms with Crippen molar-refractivity contribution in [3.63, 3.8) is 0 Å². The van der Waals surface area contributed by atoms with Gasteiger partial charge in [0.1, 0.15) is 0 Å². The summed E-state index contributed by atoms with van der Waals surface area (Å²) in [5, 5.41) is 0. The maximum absolute atomic E-state index is 3.32. The maximum Gasteiger partial charge on any atom is 0.0261 e. The van der Waals surface area contributed by atoms with Gasteiger partial charge in [-0.25, -0.2) is 0 Å². The third-order valence-corrected chi connectivity index (χ3v) is 6.98. The molecule has 6 aromatic carbocycles. The summed E-state index contributed by atoms with van der Waals surface area (Å²) in [5.74, 6) is 13.0. The molecule has 0 N–H and O–H groups in total. The highest BCUT2D eigenvalue weighted by Gasteiger charge is 2.05. The largest absolute Gasteiger partial charge is 0.0689 e. The van der Waals surface area contributed by atoms with Gasteiger partial charge in [-0.05, 0) is 93.1 Å². The molecule has 0 saturated heterocycles. The summed E-state index contributed by atoms with van der Waals surface area (Å²) in [6.07, 6.45) is 3.65. The van der Waals surface area contributed by atoms with Gasteiger partial charge in [-0.1, -0.05) is 145 Å². The fourth-order valence-corrected chi connectivity index (χ4v) is 4.92. The molecule has 0 bridgehead atoms. The van der Waals surface area contributed by atoms with Gasteiger partial charge in [-0.15, -0.1) is 0 Å². The Kier molecular flexibility index (Phi) is 8.19. The number of hydrogen-bond donors (Lipinski definition) is 0. The van der Waals surface area contributed by atoms with Crippen LogP contribution in [0.5, 0.6) is 0 Å². The Balaban J connectivity index is 1.28. The lowest BCUT2D eigenvalue weighted by atomic mass is 9.96. The molecule has 0 atom stereocenters. The zero-order chi connectivity index (χ0) is 28.4. The summed E-state index contributed by atoms with van der Waals surface area (Å²) in [4.78, 5) is 0. The first-order valence-corrected chi connectivity index (χ1v) is 14.0. The van der Waals surface area contributed by atoms with Gasteiger partial charge in [0.15, 0.2) is 0 Å². The van der Waals surface area contributed by atoms with Crippen LogP contribution in [0.4, 0.5) is 0 Å². The Morgan fingerprint density at radius 3 is 0.810 bits per heavy atom. The van der Waals surface area contributed by atoms with Gasteiger partial charge in [0.05, 0.1) is 0 Å². The Morgan fingerprint density at radius 2 is 0.548 bits per heavy atom. The van der Waals surface area contributed by atoms with Crippen LogP contribution in [0.3, 0.4) is 0 Å². The molecule has 0 amide bonds. The number of hydrogen-bond acceptors (Lipinski definition) is 0. The molecule has 0 radical (unpaired) electrons. The van der Waals surface area contributed by atoms with Crippen molar-refractivity contribution < 1.29 is 0 Å². The van der Waals surface area contributed by atoms with Gasteiger partial charge in [-0.3, -0.25) is 0 Å². The predicted octanol–water partition coefficient (Wildman–Crippen LogP) is 10.3. The van der Waals surface area contributed by atoms with Gasteiger partial charge in [0, 0.05) is 11.1 Å². The first kappa shape index (κ1) is 26.4. The summed E-state index contributed by atoms with van der Waals surface area (Å²) < 4.78 is 0. The highest BCUT2D eigenvalue weighted by molar-refractivity contribution is 5.77. The van der Waals surface area contributed by atoms with Crippen molar-refractivity contribution in [2.45, 2.75) is 0 Å². The van der Waals surface area contributed by atoms with E-state index in [1.165, 1.54) is 22.3 Å². The lowest BCUT2D eigenvalue weighted by Gasteiger charge is -2.08. The summed E-state index contributed by atoms with van der Waals surface area (Å²) in [6, 6.07) is 54.8. The molecule has 0 aromatic heterocycles. The van der Waals surface area contributed by atoms with Crippen LogP contribution >= 0.6 is 0 Å². The third kappa shape index (κ3) is 6.66. The van der Waals surface area contributed by atoms with E-state index in [-0.39, 0.29) is 0 Å². The minimum atomic E-state index is 0.968. The van der Waals surface area contributed by atoms with Crippen LogP contribution in [0.15, 0.2) is 170 Å². The van der Waals surface area contributed by atoms with Gasteiger partial charge >= 0.3 is 0 Å². The molecule has 196 valence electrons. The van der Waals surface area contributed by atoms with Crippen LogP contribution in [0.2, 0.25) is 0 Å². The molecular weight excluding hydrogens is 504 g/mol. The Hall–Kier alpha value is -5.82. The number of allylic oxidation sites excluding steroid dienone is 2. The Bertz CT molecular complexity index is 1680. The van der Waals surface area contributed by atoms with Crippen molar-refractivity contribution in [2.75, 3.05) is 0 Å². The van der Waals surface area contributed by atoms with Crippen molar-refractivity contribution in [3.8, 4) is 68.2 Å². The van der Waals surface area contributed by atoms with Crippen LogP contribution in [-0.2, 0) is 0 Å². The van der Waals surface area contributed by atoms with Crippen LogP contribution < -0.4 is 0 Å². The molecule has 42 heavy (non-hydrogen) atoms. The van der Waals surface area contributed by atoms with Crippen molar-refractivity contribution in [1.29, 1.82) is 0 Å². The van der Waals surface area contributed by atoms with E-state index in [0.29, 0.717) is 0 Å². The minimum Gasteiger partial charge on any atom is -0.0689 e. The fraction of sp³-hybridized carbons (Fsp3) is 0. The molecule has 6 rings (SSSR count). The smallest absolute Gasteiger partial charge is 0.0261 e. The van der Waals surface area contributed by atoms with Crippen molar-refractivity contribution >= 4 is 0 Å². The lowest BCUT2D eigenvalue weighted by molar-refractivity contribution is 1.56. The van der Waals surface area contributed by atoms with Gasteiger partial charge < -0.3 is 0 Å². The van der Waals surface area contributed by atoms with E-state index in [2.05, 4.69) is 157 Å². The predicted molar refractivity (Wildman–Crippen MR) is 178 cm³/mol. The van der Waals surface area contributed by atoms with E-state index in [4.69, 9.17) is 0 Å². The van der Waals surface area contributed by atoms with Gasteiger partial charge in [0.25, 0.3) is 0 Å². The molecule has 0 saturated carbocycles. The molecule has 0 nitrogen and oxygen atoms in total. The summed E-state index contributed by atoms with van der Waals surface area (Å²) >= 11 is 0. The zero-order valence-corrected chi connectivity index (χ0v) is 23.2. The van der Waals surface area contributed by atoms with Gasteiger partial charge in [0.2, 0.25) is 0 Å². The molecule has 6 aromatic rings. The van der Waals surface area contributed by atoms with E-state index in [9.17, 15) is 0 Å². The normalized spacial score (nSPS) is 10.4. The highest BCUT2D eigenvalue weighted by Crippen LogP contribution is 2.29. The standard InChI is InChI=1S/C42H28/c1(7-17-33-27-39(35-19-9-3-10-20-35)31-40(28-33)36-21-11-4-12-22-36)2-8-18-34-29-41(37-23-13-5-14-24-37)32-42(30-34)38-25-15-6-16-26-38/h1-6,9-16,19-32H/b2-1+. The number of rotatable bonds is 4. The first-order valence-electron chi connectivity index (χ1n) is 14.0. The molecular formula is C42H28. The molecule has 0 aliphatic heterocycles. The molecule has 0 fully saturated rings. The second-order valence-corrected chi connectivity index (χ2v) is 9.93. The summed E-state index contributed by atoms with van der Waals surface area (Å²) in [5.41, 5.74) is 11.2. The second-order valence-electron chi connectivity index (χ2n) is 9.93. The highest BCUT2D eigenvalue weighted by atomic mass is 14.1. The zero-order valence-electron chi connectivity index (χ0n) is 23.2. The Morgan fingerprint density at radius 1 is 0.286 bits per heavy atom. The molecule has 0 unspecified atom stereocenters.